The van der Waals surface area contributed by atoms with E-state index < -0.39 is 0 Å². The van der Waals surface area contributed by atoms with Crippen LogP contribution in [0.15, 0.2) is 48.5 Å². The molecule has 24 heavy (non-hydrogen) atoms. The molecule has 0 N–H and O–H groups in total. The van der Waals surface area contributed by atoms with Crippen molar-refractivity contribution < 1.29 is 9.18 Å². The third kappa shape index (κ3) is 3.18. The predicted octanol–water partition coefficient (Wildman–Crippen LogP) is 4.77. The molecule has 0 saturated heterocycles. The summed E-state index contributed by atoms with van der Waals surface area (Å²) in [6.45, 7) is 0.370. The third-order valence-electron chi connectivity index (χ3n) is 4.95. The van der Waals surface area contributed by atoms with E-state index in [1.165, 1.54) is 6.07 Å². The normalized spacial score (nSPS) is 22.2. The summed E-state index contributed by atoms with van der Waals surface area (Å²) in [7, 11) is 0. The fourth-order valence-electron chi connectivity index (χ4n) is 3.37. The Balaban J connectivity index is 1.49. The lowest BCUT2D eigenvalue weighted by Gasteiger charge is -2.23. The van der Waals surface area contributed by atoms with Crippen molar-refractivity contribution in [2.24, 2.45) is 5.92 Å². The van der Waals surface area contributed by atoms with Gasteiger partial charge in [-0.3, -0.25) is 4.79 Å². The second-order valence-corrected chi connectivity index (χ2v) is 7.23. The van der Waals surface area contributed by atoms with Crippen LogP contribution in [0.5, 0.6) is 0 Å². The fraction of sp³-hybridized carbons (Fsp3) is 0.350. The summed E-state index contributed by atoms with van der Waals surface area (Å²) >= 11 is 6.05. The zero-order chi connectivity index (χ0) is 16.7. The summed E-state index contributed by atoms with van der Waals surface area (Å²) in [6.07, 6.45) is 2.91. The van der Waals surface area contributed by atoms with E-state index in [0.29, 0.717) is 17.1 Å². The monoisotopic (exact) mass is 343 g/mol. The maximum absolute atomic E-state index is 13.9. The Hall–Kier alpha value is -1.87. The van der Waals surface area contributed by atoms with Crippen molar-refractivity contribution in [3.63, 3.8) is 0 Å². The van der Waals surface area contributed by atoms with Crippen LogP contribution in [0.2, 0.25) is 5.02 Å². The average molecular weight is 344 g/mol. The highest BCUT2D eigenvalue weighted by molar-refractivity contribution is 6.30. The minimum atomic E-state index is -0.238. The second kappa shape index (κ2) is 6.21. The summed E-state index contributed by atoms with van der Waals surface area (Å²) in [5, 5.41) is 0.705. The molecule has 2 saturated carbocycles. The van der Waals surface area contributed by atoms with Crippen molar-refractivity contribution in [2.45, 2.75) is 37.8 Å². The van der Waals surface area contributed by atoms with Crippen LogP contribution in [0, 0.1) is 11.7 Å². The molecule has 2 aromatic carbocycles. The van der Waals surface area contributed by atoms with Crippen molar-refractivity contribution in [1.29, 1.82) is 0 Å². The van der Waals surface area contributed by atoms with Gasteiger partial charge in [-0.25, -0.2) is 4.39 Å². The Morgan fingerprint density at radius 2 is 1.96 bits per heavy atom. The van der Waals surface area contributed by atoms with E-state index in [0.717, 1.165) is 24.8 Å². The molecule has 124 valence electrons. The van der Waals surface area contributed by atoms with Gasteiger partial charge in [-0.2, -0.15) is 0 Å². The molecule has 1 amide bonds. The van der Waals surface area contributed by atoms with Crippen LogP contribution in [0.25, 0.3) is 0 Å². The van der Waals surface area contributed by atoms with E-state index in [1.54, 1.807) is 12.1 Å². The molecular formula is C20H19ClFNO. The maximum Gasteiger partial charge on any atom is 0.226 e. The first kappa shape index (κ1) is 15.6. The van der Waals surface area contributed by atoms with E-state index >= 15 is 0 Å². The van der Waals surface area contributed by atoms with Crippen molar-refractivity contribution in [3.05, 3.63) is 70.5 Å². The lowest BCUT2D eigenvalue weighted by molar-refractivity contribution is -0.133. The highest BCUT2D eigenvalue weighted by atomic mass is 35.5. The Morgan fingerprint density at radius 1 is 1.17 bits per heavy atom. The van der Waals surface area contributed by atoms with Crippen LogP contribution in [-0.2, 0) is 11.3 Å². The molecule has 4 heteroatoms. The smallest absolute Gasteiger partial charge is 0.226 e. The number of benzene rings is 2. The number of rotatable bonds is 5. The summed E-state index contributed by atoms with van der Waals surface area (Å²) in [6, 6.07) is 14.7. The number of carbonyl (C=O) groups excluding carboxylic acids is 1. The lowest BCUT2D eigenvalue weighted by Crippen LogP contribution is -2.34. The van der Waals surface area contributed by atoms with E-state index in [2.05, 4.69) is 0 Å². The van der Waals surface area contributed by atoms with Crippen LogP contribution in [-0.4, -0.2) is 16.8 Å². The van der Waals surface area contributed by atoms with Gasteiger partial charge >= 0.3 is 0 Å². The fourth-order valence-corrected chi connectivity index (χ4v) is 3.57. The van der Waals surface area contributed by atoms with Gasteiger partial charge < -0.3 is 4.90 Å². The number of halogens is 2. The minimum Gasteiger partial charge on any atom is -0.335 e. The van der Waals surface area contributed by atoms with Gasteiger partial charge in [0.15, 0.2) is 0 Å². The van der Waals surface area contributed by atoms with Gasteiger partial charge in [-0.1, -0.05) is 41.9 Å². The van der Waals surface area contributed by atoms with Gasteiger partial charge in [-0.05, 0) is 48.9 Å². The van der Waals surface area contributed by atoms with Gasteiger partial charge in [0.1, 0.15) is 5.82 Å². The van der Waals surface area contributed by atoms with Crippen LogP contribution in [0.1, 0.15) is 36.3 Å². The van der Waals surface area contributed by atoms with Gasteiger partial charge in [0.2, 0.25) is 5.91 Å². The molecule has 2 fully saturated rings. The summed E-state index contributed by atoms with van der Waals surface area (Å²) < 4.78 is 13.9. The van der Waals surface area contributed by atoms with Crippen LogP contribution < -0.4 is 0 Å². The molecular weight excluding hydrogens is 325 g/mol. The Kier molecular flexibility index (Phi) is 4.05. The quantitative estimate of drug-likeness (QED) is 0.765. The van der Waals surface area contributed by atoms with E-state index in [-0.39, 0.29) is 29.6 Å². The molecule has 2 atom stereocenters. The minimum absolute atomic E-state index is 0.0100. The number of carbonyl (C=O) groups is 1. The van der Waals surface area contributed by atoms with Crippen molar-refractivity contribution in [2.75, 3.05) is 0 Å². The molecule has 0 aliphatic heterocycles. The van der Waals surface area contributed by atoms with Gasteiger partial charge in [0.25, 0.3) is 0 Å². The third-order valence-corrected chi connectivity index (χ3v) is 5.19. The first-order chi connectivity index (χ1) is 11.6. The molecule has 0 spiro atoms. The number of nitrogens with zero attached hydrogens (tertiary/aromatic N) is 1. The average Bonchev–Trinajstić information content (AvgIpc) is 3.47. The molecule has 2 aliphatic rings. The van der Waals surface area contributed by atoms with Gasteiger partial charge in [0.05, 0.1) is 0 Å². The Labute approximate surface area is 146 Å². The zero-order valence-corrected chi connectivity index (χ0v) is 14.0. The molecule has 2 aromatic rings. The number of hydrogen-bond acceptors (Lipinski definition) is 1. The molecule has 0 aromatic heterocycles. The second-order valence-electron chi connectivity index (χ2n) is 6.79. The molecule has 0 heterocycles. The molecule has 0 radical (unpaired) electrons. The van der Waals surface area contributed by atoms with E-state index in [4.69, 9.17) is 11.6 Å². The number of hydrogen-bond donors (Lipinski definition) is 0. The molecule has 2 unspecified atom stereocenters. The molecule has 0 bridgehead atoms. The summed E-state index contributed by atoms with van der Waals surface area (Å²) in [4.78, 5) is 14.8. The summed E-state index contributed by atoms with van der Waals surface area (Å²) in [5.74, 6) is 0.178. The lowest BCUT2D eigenvalue weighted by atomic mass is 10.1. The van der Waals surface area contributed by atoms with Crippen molar-refractivity contribution >= 4 is 17.5 Å². The first-order valence-corrected chi connectivity index (χ1v) is 8.80. The van der Waals surface area contributed by atoms with Crippen LogP contribution in [0.3, 0.4) is 0 Å². The molecule has 2 nitrogen and oxygen atoms in total. The molecule has 2 aliphatic carbocycles. The SMILES string of the molecule is O=C(C1CC1c1cccc(Cl)c1)N(Cc1ccccc1F)C1CC1. The first-order valence-electron chi connectivity index (χ1n) is 8.43. The summed E-state index contributed by atoms with van der Waals surface area (Å²) in [5.41, 5.74) is 1.72. The maximum atomic E-state index is 13.9. The molecule has 4 rings (SSSR count). The Morgan fingerprint density at radius 3 is 2.67 bits per heavy atom. The number of amides is 1. The van der Waals surface area contributed by atoms with Crippen LogP contribution >= 0.6 is 11.6 Å². The van der Waals surface area contributed by atoms with Crippen LogP contribution in [0.4, 0.5) is 4.39 Å². The zero-order valence-electron chi connectivity index (χ0n) is 13.3. The van der Waals surface area contributed by atoms with E-state index in [1.807, 2.05) is 35.2 Å². The largest absolute Gasteiger partial charge is 0.335 e. The Bertz CT molecular complexity index is 774. The standard InChI is InChI=1S/C20H19ClFNO/c21-15-6-3-5-13(10-15)17-11-18(17)20(24)23(16-8-9-16)12-14-4-1-2-7-19(14)22/h1-7,10,16-18H,8-9,11-12H2. The van der Waals surface area contributed by atoms with Gasteiger partial charge in [-0.15, -0.1) is 0 Å². The van der Waals surface area contributed by atoms with Crippen molar-refractivity contribution in [3.8, 4) is 0 Å². The van der Waals surface area contributed by atoms with Gasteiger partial charge in [0, 0.05) is 29.1 Å². The van der Waals surface area contributed by atoms with Crippen molar-refractivity contribution in [1.82, 2.24) is 4.90 Å². The highest BCUT2D eigenvalue weighted by Crippen LogP contribution is 2.50. The predicted molar refractivity (Wildman–Crippen MR) is 92.3 cm³/mol. The highest BCUT2D eigenvalue weighted by Gasteiger charge is 2.48. The topological polar surface area (TPSA) is 20.3 Å². The van der Waals surface area contributed by atoms with E-state index in [9.17, 15) is 9.18 Å².